The van der Waals surface area contributed by atoms with Crippen molar-refractivity contribution < 1.29 is 17.6 Å². The van der Waals surface area contributed by atoms with E-state index in [9.17, 15) is 17.6 Å². The van der Waals surface area contributed by atoms with Gasteiger partial charge in [-0.3, -0.25) is 0 Å². The van der Waals surface area contributed by atoms with Crippen LogP contribution in [0.4, 0.5) is 17.6 Å². The Morgan fingerprint density at radius 2 is 2.00 bits per heavy atom. The molecule has 2 N–H and O–H groups in total. The number of nitrogens with zero attached hydrogens (tertiary/aromatic N) is 1. The highest BCUT2D eigenvalue weighted by Crippen LogP contribution is 2.54. The van der Waals surface area contributed by atoms with E-state index >= 15 is 0 Å². The van der Waals surface area contributed by atoms with Crippen LogP contribution in [-0.4, -0.2) is 30.3 Å². The van der Waals surface area contributed by atoms with Gasteiger partial charge in [0, 0.05) is 19.2 Å². The van der Waals surface area contributed by atoms with E-state index in [0.717, 1.165) is 6.21 Å². The highest BCUT2D eigenvalue weighted by Gasteiger charge is 2.71. The predicted octanol–water partition coefficient (Wildman–Crippen LogP) is 3.15. The molecule has 0 heterocycles. The third-order valence-electron chi connectivity index (χ3n) is 2.79. The van der Waals surface area contributed by atoms with Gasteiger partial charge in [0.2, 0.25) is 0 Å². The number of nitrogens with one attached hydrogen (secondary N) is 2. The summed E-state index contributed by atoms with van der Waals surface area (Å²) in [6, 6.07) is 0. The minimum atomic E-state index is -3.96. The molecule has 8 heteroatoms. The van der Waals surface area contributed by atoms with Crippen LogP contribution in [0.1, 0.15) is 20.3 Å². The van der Waals surface area contributed by atoms with E-state index in [0.29, 0.717) is 5.71 Å². The quantitative estimate of drug-likeness (QED) is 0.327. The summed E-state index contributed by atoms with van der Waals surface area (Å²) in [5.41, 5.74) is 2.72. The SMILES string of the molecule is CC(C)/C(C=N)=N/NCC1CC(F)(F)C1(F)F.I. The van der Waals surface area contributed by atoms with Crippen molar-refractivity contribution in [2.45, 2.75) is 32.1 Å². The Balaban J connectivity index is 0.00000289. The zero-order valence-electron chi connectivity index (χ0n) is 10.0. The molecular formula is C10H16F4IN3. The molecular weight excluding hydrogens is 365 g/mol. The van der Waals surface area contributed by atoms with E-state index < -0.39 is 24.2 Å². The van der Waals surface area contributed by atoms with Gasteiger partial charge in [-0.2, -0.15) is 22.7 Å². The van der Waals surface area contributed by atoms with Crippen LogP contribution in [0.5, 0.6) is 0 Å². The molecule has 1 saturated carbocycles. The summed E-state index contributed by atoms with van der Waals surface area (Å²) in [6.45, 7) is 3.27. The maximum absolute atomic E-state index is 12.9. The number of halogens is 5. The average molecular weight is 381 g/mol. The Morgan fingerprint density at radius 3 is 2.33 bits per heavy atom. The largest absolute Gasteiger partial charge is 0.314 e. The first-order chi connectivity index (χ1) is 7.72. The summed E-state index contributed by atoms with van der Waals surface area (Å²) in [5.74, 6) is -9.28. The molecule has 0 aromatic carbocycles. The van der Waals surface area contributed by atoms with E-state index in [2.05, 4.69) is 10.5 Å². The van der Waals surface area contributed by atoms with Gasteiger partial charge in [-0.1, -0.05) is 13.8 Å². The van der Waals surface area contributed by atoms with E-state index in [4.69, 9.17) is 5.41 Å². The lowest BCUT2D eigenvalue weighted by atomic mass is 9.77. The van der Waals surface area contributed by atoms with Crippen LogP contribution in [0.25, 0.3) is 0 Å². The Morgan fingerprint density at radius 1 is 1.44 bits per heavy atom. The molecule has 0 aliphatic heterocycles. The summed E-state index contributed by atoms with van der Waals surface area (Å²) in [4.78, 5) is 0. The van der Waals surface area contributed by atoms with Gasteiger partial charge in [-0.05, 0) is 5.92 Å². The average Bonchev–Trinajstić information content (AvgIpc) is 2.21. The molecule has 0 aromatic rings. The van der Waals surface area contributed by atoms with Crippen molar-refractivity contribution in [3.63, 3.8) is 0 Å². The van der Waals surface area contributed by atoms with Gasteiger partial charge in [0.15, 0.2) is 0 Å². The van der Waals surface area contributed by atoms with Crippen molar-refractivity contribution in [3.05, 3.63) is 0 Å². The van der Waals surface area contributed by atoms with Gasteiger partial charge < -0.3 is 10.8 Å². The minimum absolute atomic E-state index is 0. The zero-order valence-corrected chi connectivity index (χ0v) is 12.3. The van der Waals surface area contributed by atoms with Crippen molar-refractivity contribution in [2.75, 3.05) is 6.54 Å². The van der Waals surface area contributed by atoms with Crippen LogP contribution < -0.4 is 5.43 Å². The Labute approximate surface area is 120 Å². The Bertz CT molecular complexity index is 331. The van der Waals surface area contributed by atoms with Crippen molar-refractivity contribution in [3.8, 4) is 0 Å². The second-order valence-corrected chi connectivity index (χ2v) is 4.43. The van der Waals surface area contributed by atoms with E-state index in [1.54, 1.807) is 13.8 Å². The van der Waals surface area contributed by atoms with E-state index in [1.165, 1.54) is 0 Å². The third-order valence-corrected chi connectivity index (χ3v) is 2.79. The first-order valence-corrected chi connectivity index (χ1v) is 5.29. The number of hydrazone groups is 1. The maximum Gasteiger partial charge on any atom is 0.314 e. The van der Waals surface area contributed by atoms with Gasteiger partial charge in [-0.15, -0.1) is 24.0 Å². The number of rotatable bonds is 5. The first kappa shape index (κ1) is 17.6. The highest BCUT2D eigenvalue weighted by atomic mass is 127. The summed E-state index contributed by atoms with van der Waals surface area (Å²) in [6.07, 6.45) is 0.176. The second kappa shape index (κ2) is 6.16. The molecule has 0 spiro atoms. The fourth-order valence-corrected chi connectivity index (χ4v) is 1.52. The van der Waals surface area contributed by atoms with Gasteiger partial charge >= 0.3 is 11.8 Å². The lowest BCUT2D eigenvalue weighted by molar-refractivity contribution is -0.312. The molecule has 0 radical (unpaired) electrons. The third kappa shape index (κ3) is 3.33. The van der Waals surface area contributed by atoms with E-state index in [1.807, 2.05) is 0 Å². The molecule has 1 rings (SSSR count). The standard InChI is InChI=1S/C10H15F4N3.HI/c1-6(2)8(4-15)17-16-5-7-3-9(11,12)10(7,13)14;/h4,6-7,15-16H,3,5H2,1-2H3;1H/b15-4?,17-8+;. The Kier molecular flexibility index (Phi) is 6.02. The number of hydrogen-bond donors (Lipinski definition) is 2. The molecule has 3 nitrogen and oxygen atoms in total. The van der Waals surface area contributed by atoms with Crippen LogP contribution in [0, 0.1) is 17.2 Å². The zero-order chi connectivity index (χ0) is 13.3. The highest BCUT2D eigenvalue weighted by molar-refractivity contribution is 14.0. The first-order valence-electron chi connectivity index (χ1n) is 5.29. The monoisotopic (exact) mass is 381 g/mol. The van der Waals surface area contributed by atoms with Crippen LogP contribution in [-0.2, 0) is 0 Å². The number of hydrogen-bond acceptors (Lipinski definition) is 3. The molecule has 1 fully saturated rings. The van der Waals surface area contributed by atoms with Gasteiger partial charge in [0.25, 0.3) is 0 Å². The summed E-state index contributed by atoms with van der Waals surface area (Å²) < 4.78 is 50.7. The van der Waals surface area contributed by atoms with Crippen LogP contribution >= 0.6 is 24.0 Å². The molecule has 1 aliphatic rings. The van der Waals surface area contributed by atoms with Crippen molar-refractivity contribution in [1.82, 2.24) is 5.43 Å². The second-order valence-electron chi connectivity index (χ2n) is 4.43. The lowest BCUT2D eigenvalue weighted by Gasteiger charge is -2.43. The molecule has 1 atom stereocenters. The minimum Gasteiger partial charge on any atom is -0.309 e. The van der Waals surface area contributed by atoms with Gasteiger partial charge in [-0.25, -0.2) is 0 Å². The van der Waals surface area contributed by atoms with Crippen LogP contribution in [0.15, 0.2) is 5.10 Å². The van der Waals surface area contributed by atoms with Gasteiger partial charge in [0.1, 0.15) is 0 Å². The molecule has 0 bridgehead atoms. The van der Waals surface area contributed by atoms with Crippen LogP contribution in [0.2, 0.25) is 0 Å². The van der Waals surface area contributed by atoms with E-state index in [-0.39, 0.29) is 36.4 Å². The lowest BCUT2D eigenvalue weighted by Crippen LogP contribution is -2.61. The molecule has 1 aliphatic carbocycles. The number of alkyl halides is 4. The topological polar surface area (TPSA) is 48.2 Å². The smallest absolute Gasteiger partial charge is 0.309 e. The van der Waals surface area contributed by atoms with Gasteiger partial charge in [0.05, 0.1) is 11.6 Å². The molecule has 0 saturated heterocycles. The molecule has 106 valence electrons. The van der Waals surface area contributed by atoms with Crippen molar-refractivity contribution in [1.29, 1.82) is 5.41 Å². The van der Waals surface area contributed by atoms with Crippen LogP contribution in [0.3, 0.4) is 0 Å². The molecule has 1 unspecified atom stereocenters. The maximum atomic E-state index is 12.9. The fourth-order valence-electron chi connectivity index (χ4n) is 1.52. The molecule has 0 aromatic heterocycles. The van der Waals surface area contributed by atoms with Crippen molar-refractivity contribution >= 4 is 35.9 Å². The summed E-state index contributed by atoms with van der Waals surface area (Å²) >= 11 is 0. The van der Waals surface area contributed by atoms with Crippen molar-refractivity contribution in [2.24, 2.45) is 16.9 Å². The summed E-state index contributed by atoms with van der Waals surface area (Å²) in [7, 11) is 0. The molecule has 0 amide bonds. The summed E-state index contributed by atoms with van der Waals surface area (Å²) in [5, 5.41) is 10.7. The Hall–Kier alpha value is -0.410. The molecule has 18 heavy (non-hydrogen) atoms. The normalized spacial score (nSPS) is 25.1. The predicted molar refractivity (Wildman–Crippen MR) is 72.5 cm³/mol. The fraction of sp³-hybridized carbons (Fsp3) is 0.800.